The Labute approximate surface area is 181 Å². The molecule has 0 radical (unpaired) electrons. The highest BCUT2D eigenvalue weighted by molar-refractivity contribution is 8.02. The second kappa shape index (κ2) is 14.2. The Morgan fingerprint density at radius 1 is 1.10 bits per heavy atom. The van der Waals surface area contributed by atoms with Gasteiger partial charge >= 0.3 is 13.6 Å². The lowest BCUT2D eigenvalue weighted by Gasteiger charge is -2.29. The van der Waals surface area contributed by atoms with Crippen LogP contribution in [0.2, 0.25) is 0 Å². The summed E-state index contributed by atoms with van der Waals surface area (Å²) < 4.78 is 39.7. The summed E-state index contributed by atoms with van der Waals surface area (Å²) in [4.78, 5) is 12.0. The van der Waals surface area contributed by atoms with Gasteiger partial charge in [0.2, 0.25) is 0 Å². The van der Waals surface area contributed by atoms with Gasteiger partial charge in [0.1, 0.15) is 6.07 Å². The number of nitrogens with one attached hydrogen (secondary N) is 1. The Hall–Kier alpha value is -1.86. The summed E-state index contributed by atoms with van der Waals surface area (Å²) in [6.45, 7) is 0.449. The average Bonchev–Trinajstić information content (AvgIpc) is 2.77. The number of nitriles is 1. The third-order valence-electron chi connectivity index (χ3n) is 3.75. The third kappa shape index (κ3) is 7.76. The average molecular weight is 458 g/mol. The van der Waals surface area contributed by atoms with Crippen LogP contribution < -0.4 is 5.32 Å². The maximum atomic E-state index is 13.8. The van der Waals surface area contributed by atoms with Crippen molar-refractivity contribution in [3.05, 3.63) is 46.5 Å². The highest BCUT2D eigenvalue weighted by atomic mass is 32.2. The first kappa shape index (κ1) is 26.2. The highest BCUT2D eigenvalue weighted by Gasteiger charge is 2.39. The summed E-state index contributed by atoms with van der Waals surface area (Å²) in [5.74, 6) is -1.81. The number of methoxy groups -OCH3 is 3. The topological polar surface area (TPSA) is 116 Å². The standard InChI is InChI=1S/C19H27N2O7PS/c1-24-10-12-27-29(23,28-13-11-25-2)17(15-8-6-5-7-9-15)21-18(30-4)16(14-20)19(22)26-3/h5-9,17,21H,10-13H2,1-4H3/b18-16+. The first-order valence-electron chi connectivity index (χ1n) is 8.92. The van der Waals surface area contributed by atoms with Crippen molar-refractivity contribution >= 4 is 25.3 Å². The summed E-state index contributed by atoms with van der Waals surface area (Å²) >= 11 is 1.11. The molecule has 9 nitrogen and oxygen atoms in total. The molecule has 0 amide bonds. The van der Waals surface area contributed by atoms with Crippen molar-refractivity contribution in [3.8, 4) is 6.07 Å². The second-order valence-electron chi connectivity index (χ2n) is 5.66. The number of ether oxygens (including phenoxy) is 3. The number of rotatable bonds is 14. The van der Waals surface area contributed by atoms with E-state index < -0.39 is 19.3 Å². The van der Waals surface area contributed by atoms with E-state index in [1.165, 1.54) is 21.3 Å². The molecule has 1 rings (SSSR count). The fourth-order valence-corrected chi connectivity index (χ4v) is 4.82. The number of esters is 1. The third-order valence-corrected chi connectivity index (χ3v) is 6.62. The molecule has 1 N–H and O–H groups in total. The number of benzene rings is 1. The molecule has 1 unspecified atom stereocenters. The fourth-order valence-electron chi connectivity index (χ4n) is 2.31. The zero-order chi connectivity index (χ0) is 22.4. The fraction of sp³-hybridized carbons (Fsp3) is 0.474. The number of hydrogen-bond acceptors (Lipinski definition) is 10. The summed E-state index contributed by atoms with van der Waals surface area (Å²) in [6, 6.07) is 10.7. The maximum absolute atomic E-state index is 13.8. The predicted octanol–water partition coefficient (Wildman–Crippen LogP) is 3.07. The second-order valence-corrected chi connectivity index (χ2v) is 8.59. The predicted molar refractivity (Wildman–Crippen MR) is 114 cm³/mol. The molecule has 0 saturated carbocycles. The van der Waals surface area contributed by atoms with Crippen LogP contribution in [-0.2, 0) is 32.6 Å². The molecule has 30 heavy (non-hydrogen) atoms. The molecule has 166 valence electrons. The van der Waals surface area contributed by atoms with Crippen LogP contribution in [0.3, 0.4) is 0 Å². The van der Waals surface area contributed by atoms with E-state index in [1.54, 1.807) is 30.5 Å². The molecule has 11 heteroatoms. The monoisotopic (exact) mass is 458 g/mol. The number of carbonyl (C=O) groups excluding carboxylic acids is 1. The number of hydrogen-bond donors (Lipinski definition) is 1. The van der Waals surface area contributed by atoms with Gasteiger partial charge < -0.3 is 28.6 Å². The van der Waals surface area contributed by atoms with E-state index in [0.29, 0.717) is 5.56 Å². The number of nitrogens with zero attached hydrogens (tertiary/aromatic N) is 1. The molecule has 0 bridgehead atoms. The van der Waals surface area contributed by atoms with Crippen LogP contribution in [0.4, 0.5) is 0 Å². The molecule has 0 aliphatic heterocycles. The van der Waals surface area contributed by atoms with E-state index in [4.69, 9.17) is 18.5 Å². The molecule has 0 aromatic heterocycles. The van der Waals surface area contributed by atoms with Gasteiger partial charge in [-0.15, -0.1) is 11.8 Å². The van der Waals surface area contributed by atoms with Crippen LogP contribution in [0.1, 0.15) is 11.3 Å². The van der Waals surface area contributed by atoms with E-state index in [2.05, 4.69) is 10.1 Å². The van der Waals surface area contributed by atoms with E-state index >= 15 is 0 Å². The van der Waals surface area contributed by atoms with Crippen molar-refractivity contribution in [2.24, 2.45) is 0 Å². The molecule has 0 aliphatic carbocycles. The Morgan fingerprint density at radius 2 is 1.67 bits per heavy atom. The molecule has 1 aromatic carbocycles. The smallest absolute Gasteiger partial charge is 0.357 e. The molecule has 0 spiro atoms. The van der Waals surface area contributed by atoms with Crippen molar-refractivity contribution < 1.29 is 32.6 Å². The largest absolute Gasteiger partial charge is 0.465 e. The van der Waals surface area contributed by atoms with Crippen LogP contribution >= 0.6 is 19.4 Å². The van der Waals surface area contributed by atoms with Crippen molar-refractivity contribution in [3.63, 3.8) is 0 Å². The zero-order valence-corrected chi connectivity index (χ0v) is 19.2. The van der Waals surface area contributed by atoms with Gasteiger partial charge in [-0.3, -0.25) is 4.57 Å². The van der Waals surface area contributed by atoms with Crippen LogP contribution in [-0.4, -0.2) is 60.0 Å². The molecule has 0 fully saturated rings. The lowest BCUT2D eigenvalue weighted by atomic mass is 10.2. The Balaban J connectivity index is 3.43. The van der Waals surface area contributed by atoms with Crippen LogP contribution in [0, 0.1) is 11.3 Å². The molecule has 1 atom stereocenters. The van der Waals surface area contributed by atoms with Gasteiger partial charge in [0.05, 0.1) is 38.6 Å². The van der Waals surface area contributed by atoms with Gasteiger partial charge in [0, 0.05) is 14.2 Å². The summed E-state index contributed by atoms with van der Waals surface area (Å²) in [7, 11) is 0.327. The van der Waals surface area contributed by atoms with Crippen molar-refractivity contribution in [1.82, 2.24) is 5.32 Å². The zero-order valence-electron chi connectivity index (χ0n) is 17.5. The van der Waals surface area contributed by atoms with Crippen molar-refractivity contribution in [2.75, 3.05) is 54.0 Å². The Bertz CT molecular complexity index is 769. The summed E-state index contributed by atoms with van der Waals surface area (Å²) in [5.41, 5.74) is 0.343. The van der Waals surface area contributed by atoms with E-state index in [0.717, 1.165) is 11.8 Å². The molecule has 0 heterocycles. The van der Waals surface area contributed by atoms with Gasteiger partial charge in [-0.05, 0) is 11.8 Å². The van der Waals surface area contributed by atoms with Crippen LogP contribution in [0.5, 0.6) is 0 Å². The van der Waals surface area contributed by atoms with Crippen molar-refractivity contribution in [2.45, 2.75) is 5.78 Å². The maximum Gasteiger partial charge on any atom is 0.357 e. The highest BCUT2D eigenvalue weighted by Crippen LogP contribution is 2.60. The minimum absolute atomic E-state index is 0.0200. The van der Waals surface area contributed by atoms with Gasteiger partial charge in [-0.2, -0.15) is 5.26 Å². The first-order chi connectivity index (χ1) is 14.5. The Kier molecular flexibility index (Phi) is 12.4. The quantitative estimate of drug-likeness (QED) is 0.147. The summed E-state index contributed by atoms with van der Waals surface area (Å²) in [6.07, 6.45) is 1.67. The molecular weight excluding hydrogens is 431 g/mol. The summed E-state index contributed by atoms with van der Waals surface area (Å²) in [5, 5.41) is 12.6. The molecular formula is C19H27N2O7PS. The SMILES string of the molecule is COCCOP(=O)(OCCOC)C(N/C(SC)=C(/C#N)C(=O)OC)c1ccccc1. The lowest BCUT2D eigenvalue weighted by molar-refractivity contribution is -0.135. The van der Waals surface area contributed by atoms with Crippen molar-refractivity contribution in [1.29, 1.82) is 5.26 Å². The van der Waals surface area contributed by atoms with E-state index in [1.807, 2.05) is 12.1 Å². The minimum Gasteiger partial charge on any atom is -0.465 e. The number of carbonyl (C=O) groups is 1. The molecule has 0 aliphatic rings. The van der Waals surface area contributed by atoms with Gasteiger partial charge in [0.15, 0.2) is 11.4 Å². The van der Waals surface area contributed by atoms with Crippen LogP contribution in [0.15, 0.2) is 40.9 Å². The van der Waals surface area contributed by atoms with Gasteiger partial charge in [0.25, 0.3) is 0 Å². The Morgan fingerprint density at radius 3 is 2.10 bits per heavy atom. The lowest BCUT2D eigenvalue weighted by Crippen LogP contribution is -2.25. The molecule has 0 saturated heterocycles. The first-order valence-corrected chi connectivity index (χ1v) is 11.8. The van der Waals surface area contributed by atoms with Gasteiger partial charge in [-0.1, -0.05) is 30.3 Å². The van der Waals surface area contributed by atoms with E-state index in [-0.39, 0.29) is 37.0 Å². The number of thioether (sulfide) groups is 1. The minimum atomic E-state index is -3.85. The van der Waals surface area contributed by atoms with E-state index in [9.17, 15) is 14.6 Å². The normalized spacial score (nSPS) is 13.2. The van der Waals surface area contributed by atoms with Crippen LogP contribution in [0.25, 0.3) is 0 Å². The molecule has 1 aromatic rings. The van der Waals surface area contributed by atoms with Gasteiger partial charge in [-0.25, -0.2) is 4.79 Å².